The lowest BCUT2D eigenvalue weighted by Gasteiger charge is -2.31. The summed E-state index contributed by atoms with van der Waals surface area (Å²) in [6, 6.07) is 11.0. The molecule has 3 aromatic heterocycles. The Morgan fingerprint density at radius 1 is 1.20 bits per heavy atom. The molecule has 12 heteroatoms. The first-order valence-electron chi connectivity index (χ1n) is 12.9. The molecule has 0 radical (unpaired) electrons. The fourth-order valence-electron chi connectivity index (χ4n) is 5.02. The normalized spacial score (nSPS) is 15.1. The molecule has 4 heterocycles. The van der Waals surface area contributed by atoms with Gasteiger partial charge in [0.2, 0.25) is 5.95 Å². The number of fused-ring (bicyclic) bond motifs is 2. The number of pyridine rings is 1. The Balaban J connectivity index is 1.78. The van der Waals surface area contributed by atoms with E-state index in [1.54, 1.807) is 23.6 Å². The van der Waals surface area contributed by atoms with Crippen LogP contribution in [0.15, 0.2) is 39.9 Å². The van der Waals surface area contributed by atoms with Gasteiger partial charge in [0, 0.05) is 24.5 Å². The van der Waals surface area contributed by atoms with Gasteiger partial charge in [-0.25, -0.2) is 9.78 Å². The molecule has 5 rings (SSSR count). The fourth-order valence-corrected chi connectivity index (χ4v) is 5.02. The van der Waals surface area contributed by atoms with Gasteiger partial charge in [-0.1, -0.05) is 24.1 Å². The quantitative estimate of drug-likeness (QED) is 0.278. The maximum Gasteiger partial charge on any atom is 0.333 e. The number of nitrogens with zero attached hydrogens (tertiary/aromatic N) is 7. The number of hydrogen-bond acceptors (Lipinski definition) is 9. The van der Waals surface area contributed by atoms with Crippen LogP contribution < -0.4 is 21.9 Å². The van der Waals surface area contributed by atoms with Crippen LogP contribution in [0, 0.1) is 23.2 Å². The first kappa shape index (κ1) is 26.7. The standard InChI is InChI=1S/C28H28N8O4/c1-3-4-12-34-24-25(32-27(34)33-11-7-9-20(30)15-33)35(17-23(37)40-2)28(39)36(26(24)38)16-22-19(14-29)13-18-8-5-6-10-21(18)31-22/h5-6,8,10,13,20H,7,9,11-12,15-17,30H2,1-2H3. The van der Waals surface area contributed by atoms with E-state index in [4.69, 9.17) is 15.5 Å². The number of carbonyl (C=O) groups excluding carboxylic acids is 1. The molecule has 1 atom stereocenters. The van der Waals surface area contributed by atoms with Crippen molar-refractivity contribution >= 4 is 34.0 Å². The van der Waals surface area contributed by atoms with Crippen LogP contribution >= 0.6 is 0 Å². The van der Waals surface area contributed by atoms with Crippen molar-refractivity contribution in [3.63, 3.8) is 0 Å². The minimum Gasteiger partial charge on any atom is -0.468 e. The molecular weight excluding hydrogens is 512 g/mol. The second-order valence-corrected chi connectivity index (χ2v) is 9.57. The summed E-state index contributed by atoms with van der Waals surface area (Å²) in [4.78, 5) is 51.4. The monoisotopic (exact) mass is 540 g/mol. The number of carbonyl (C=O) groups is 1. The van der Waals surface area contributed by atoms with E-state index in [1.807, 2.05) is 23.1 Å². The minimum atomic E-state index is -0.769. The fraction of sp³-hybridized carbons (Fsp3) is 0.357. The van der Waals surface area contributed by atoms with Gasteiger partial charge in [-0.3, -0.25) is 23.3 Å². The highest BCUT2D eigenvalue weighted by atomic mass is 16.5. The van der Waals surface area contributed by atoms with Crippen molar-refractivity contribution < 1.29 is 9.53 Å². The molecule has 1 aromatic carbocycles. The average Bonchev–Trinajstić information content (AvgIpc) is 3.35. The summed E-state index contributed by atoms with van der Waals surface area (Å²) in [5.74, 6) is 5.60. The molecule has 0 bridgehead atoms. The summed E-state index contributed by atoms with van der Waals surface area (Å²) < 4.78 is 8.60. The molecular formula is C28H28N8O4. The third-order valence-electron chi connectivity index (χ3n) is 7.00. The van der Waals surface area contributed by atoms with Gasteiger partial charge in [0.15, 0.2) is 11.2 Å². The average molecular weight is 541 g/mol. The van der Waals surface area contributed by atoms with E-state index in [1.165, 1.54) is 7.11 Å². The maximum absolute atomic E-state index is 14.0. The predicted molar refractivity (Wildman–Crippen MR) is 149 cm³/mol. The molecule has 4 aromatic rings. The number of piperidine rings is 1. The lowest BCUT2D eigenvalue weighted by atomic mass is 10.1. The summed E-state index contributed by atoms with van der Waals surface area (Å²) in [6.45, 7) is 2.27. The molecule has 2 N–H and O–H groups in total. The van der Waals surface area contributed by atoms with Gasteiger partial charge in [0.05, 0.1) is 37.0 Å². The first-order valence-corrected chi connectivity index (χ1v) is 12.9. The molecule has 0 saturated carbocycles. The number of hydrogen-bond donors (Lipinski definition) is 1. The molecule has 0 aliphatic carbocycles. The highest BCUT2D eigenvalue weighted by Crippen LogP contribution is 2.23. The zero-order chi connectivity index (χ0) is 28.4. The molecule has 40 heavy (non-hydrogen) atoms. The molecule has 1 aliphatic heterocycles. The van der Waals surface area contributed by atoms with Crippen molar-refractivity contribution in [2.75, 3.05) is 25.1 Å². The van der Waals surface area contributed by atoms with Crippen molar-refractivity contribution in [1.29, 1.82) is 5.26 Å². The Hall–Kier alpha value is -4.94. The molecule has 0 amide bonds. The number of rotatable bonds is 6. The molecule has 1 saturated heterocycles. The van der Waals surface area contributed by atoms with Gasteiger partial charge < -0.3 is 15.4 Å². The lowest BCUT2D eigenvalue weighted by Crippen LogP contribution is -2.44. The molecule has 0 spiro atoms. The number of aromatic nitrogens is 5. The van der Waals surface area contributed by atoms with Gasteiger partial charge in [-0.2, -0.15) is 10.2 Å². The SMILES string of the molecule is CC#CCn1c(N2CCCC(N)C2)nc2c1c(=O)n(Cc1nc3ccccc3cc1C#N)c(=O)n2CC(=O)OC. The van der Waals surface area contributed by atoms with Gasteiger partial charge in [0.1, 0.15) is 12.6 Å². The highest BCUT2D eigenvalue weighted by molar-refractivity contribution is 5.80. The summed E-state index contributed by atoms with van der Waals surface area (Å²) in [6.07, 6.45) is 1.71. The number of benzene rings is 1. The van der Waals surface area contributed by atoms with Gasteiger partial charge in [-0.15, -0.1) is 5.92 Å². The van der Waals surface area contributed by atoms with Crippen molar-refractivity contribution in [2.45, 2.75) is 45.4 Å². The van der Waals surface area contributed by atoms with E-state index in [9.17, 15) is 19.6 Å². The molecule has 1 fully saturated rings. The summed E-state index contributed by atoms with van der Waals surface area (Å²) >= 11 is 0. The number of methoxy groups -OCH3 is 1. The number of anilines is 1. The third kappa shape index (κ3) is 4.81. The predicted octanol–water partition coefficient (Wildman–Crippen LogP) is 0.952. The Kier molecular flexibility index (Phi) is 7.36. The Morgan fingerprint density at radius 3 is 2.73 bits per heavy atom. The molecule has 1 unspecified atom stereocenters. The van der Waals surface area contributed by atoms with Crippen LogP contribution in [0.25, 0.3) is 22.1 Å². The van der Waals surface area contributed by atoms with Gasteiger partial charge >= 0.3 is 11.7 Å². The van der Waals surface area contributed by atoms with Crippen molar-refractivity contribution in [3.05, 3.63) is 62.4 Å². The van der Waals surface area contributed by atoms with E-state index < -0.39 is 23.8 Å². The van der Waals surface area contributed by atoms with Crippen LogP contribution in [0.4, 0.5) is 5.95 Å². The van der Waals surface area contributed by atoms with E-state index in [0.29, 0.717) is 24.6 Å². The van der Waals surface area contributed by atoms with E-state index in [2.05, 4.69) is 22.9 Å². The zero-order valence-electron chi connectivity index (χ0n) is 22.3. The van der Waals surface area contributed by atoms with Gasteiger partial charge in [0.25, 0.3) is 5.56 Å². The van der Waals surface area contributed by atoms with Crippen LogP contribution in [0.3, 0.4) is 0 Å². The smallest absolute Gasteiger partial charge is 0.333 e. The largest absolute Gasteiger partial charge is 0.468 e. The number of esters is 1. The second-order valence-electron chi connectivity index (χ2n) is 9.57. The highest BCUT2D eigenvalue weighted by Gasteiger charge is 2.28. The van der Waals surface area contributed by atoms with Crippen LogP contribution in [-0.4, -0.2) is 55.9 Å². The maximum atomic E-state index is 14.0. The number of nitriles is 1. The van der Waals surface area contributed by atoms with E-state index in [-0.39, 0.29) is 41.6 Å². The van der Waals surface area contributed by atoms with Crippen molar-refractivity contribution in [2.24, 2.45) is 5.73 Å². The second kappa shape index (κ2) is 11.0. The number of nitrogens with two attached hydrogens (primary N) is 1. The van der Waals surface area contributed by atoms with Gasteiger partial charge in [-0.05, 0) is 31.9 Å². The Morgan fingerprint density at radius 2 is 2.00 bits per heavy atom. The first-order chi connectivity index (χ1) is 19.4. The molecule has 1 aliphatic rings. The molecule has 204 valence electrons. The third-order valence-corrected chi connectivity index (χ3v) is 7.00. The minimum absolute atomic E-state index is 0.0516. The zero-order valence-corrected chi connectivity index (χ0v) is 22.3. The van der Waals surface area contributed by atoms with E-state index in [0.717, 1.165) is 27.4 Å². The summed E-state index contributed by atoms with van der Waals surface area (Å²) in [5, 5.41) is 10.6. The van der Waals surface area contributed by atoms with Crippen LogP contribution in [0.1, 0.15) is 31.0 Å². The van der Waals surface area contributed by atoms with Crippen LogP contribution in [0.5, 0.6) is 0 Å². The van der Waals surface area contributed by atoms with Crippen LogP contribution in [-0.2, 0) is 29.2 Å². The van der Waals surface area contributed by atoms with E-state index >= 15 is 0 Å². The number of para-hydroxylation sites is 1. The number of ether oxygens (including phenoxy) is 1. The topological polar surface area (TPSA) is 154 Å². The van der Waals surface area contributed by atoms with Crippen molar-refractivity contribution in [1.82, 2.24) is 23.7 Å². The Bertz CT molecular complexity index is 1850. The summed E-state index contributed by atoms with van der Waals surface area (Å²) in [5.41, 5.74) is 6.10. The van der Waals surface area contributed by atoms with Crippen molar-refractivity contribution in [3.8, 4) is 17.9 Å². The Labute approximate surface area is 229 Å². The lowest BCUT2D eigenvalue weighted by molar-refractivity contribution is -0.141. The van der Waals surface area contributed by atoms with Crippen LogP contribution in [0.2, 0.25) is 0 Å². The summed E-state index contributed by atoms with van der Waals surface area (Å²) in [7, 11) is 1.22. The number of imidazole rings is 1. The molecule has 12 nitrogen and oxygen atoms in total.